The first kappa shape index (κ1) is 10.4. The number of fused-ring (bicyclic) bond motifs is 1. The van der Waals surface area contributed by atoms with Crippen molar-refractivity contribution in [2.75, 3.05) is 0 Å². The van der Waals surface area contributed by atoms with Gasteiger partial charge in [0.15, 0.2) is 0 Å². The molecule has 1 aromatic heterocycles. The second kappa shape index (κ2) is 4.58. The van der Waals surface area contributed by atoms with Gasteiger partial charge >= 0.3 is 0 Å². The Morgan fingerprint density at radius 2 is 2.27 bits per heavy atom. The van der Waals surface area contributed by atoms with E-state index in [1.807, 2.05) is 18.3 Å². The van der Waals surface area contributed by atoms with E-state index in [-0.39, 0.29) is 0 Å². The minimum atomic E-state index is 1.10. The first-order valence-corrected chi connectivity index (χ1v) is 6.17. The van der Waals surface area contributed by atoms with Gasteiger partial charge in [-0.1, -0.05) is 25.1 Å². The van der Waals surface area contributed by atoms with Crippen molar-refractivity contribution in [2.24, 2.45) is 0 Å². The Morgan fingerprint density at radius 1 is 1.40 bits per heavy atom. The molecule has 2 aromatic rings. The highest BCUT2D eigenvalue weighted by Gasteiger charge is 2.02. The molecule has 0 aliphatic heterocycles. The number of aryl methyl sites for hydroxylation is 1. The van der Waals surface area contributed by atoms with Crippen molar-refractivity contribution in [2.45, 2.75) is 26.7 Å². The third-order valence-corrected chi connectivity index (χ3v) is 3.36. The van der Waals surface area contributed by atoms with Crippen LogP contribution in [0.3, 0.4) is 0 Å². The lowest BCUT2D eigenvalue weighted by atomic mass is 10.2. The molecule has 0 fully saturated rings. The number of allylic oxidation sites excluding steroid dienone is 1. The molecule has 15 heavy (non-hydrogen) atoms. The van der Waals surface area contributed by atoms with E-state index in [0.717, 1.165) is 11.9 Å². The molecular weight excluding hydrogens is 202 g/mol. The molecular formula is C13H15NS. The third-order valence-electron chi connectivity index (χ3n) is 2.28. The molecule has 0 aliphatic rings. The van der Waals surface area contributed by atoms with Crippen LogP contribution >= 0.6 is 11.3 Å². The van der Waals surface area contributed by atoms with Crippen LogP contribution in [0.15, 0.2) is 24.3 Å². The van der Waals surface area contributed by atoms with Gasteiger partial charge in [0.1, 0.15) is 0 Å². The van der Waals surface area contributed by atoms with Gasteiger partial charge < -0.3 is 0 Å². The summed E-state index contributed by atoms with van der Waals surface area (Å²) in [7, 11) is 0. The van der Waals surface area contributed by atoms with Gasteiger partial charge in [0.25, 0.3) is 0 Å². The topological polar surface area (TPSA) is 12.9 Å². The predicted octanol–water partition coefficient (Wildman–Crippen LogP) is 4.28. The van der Waals surface area contributed by atoms with E-state index in [2.05, 4.69) is 42.3 Å². The molecule has 0 atom stereocenters. The smallest absolute Gasteiger partial charge is 0.0938 e. The zero-order valence-corrected chi connectivity index (χ0v) is 9.97. The molecule has 0 aliphatic carbocycles. The lowest BCUT2D eigenvalue weighted by Crippen LogP contribution is -1.78. The van der Waals surface area contributed by atoms with Crippen LogP contribution in [0.5, 0.6) is 0 Å². The van der Waals surface area contributed by atoms with Crippen LogP contribution in [0.1, 0.15) is 30.8 Å². The molecule has 2 heteroatoms. The highest BCUT2D eigenvalue weighted by atomic mass is 32.1. The van der Waals surface area contributed by atoms with E-state index >= 15 is 0 Å². The van der Waals surface area contributed by atoms with Crippen molar-refractivity contribution in [3.63, 3.8) is 0 Å². The van der Waals surface area contributed by atoms with Gasteiger partial charge in [-0.3, -0.25) is 0 Å². The van der Waals surface area contributed by atoms with Crippen molar-refractivity contribution in [3.05, 3.63) is 34.8 Å². The number of rotatable bonds is 3. The molecule has 0 unspecified atom stereocenters. The molecule has 0 spiro atoms. The van der Waals surface area contributed by atoms with E-state index in [0.29, 0.717) is 0 Å². The molecule has 2 rings (SSSR count). The Hall–Kier alpha value is -1.15. The molecule has 0 amide bonds. The van der Waals surface area contributed by atoms with Crippen molar-refractivity contribution >= 4 is 27.6 Å². The van der Waals surface area contributed by atoms with Crippen LogP contribution < -0.4 is 0 Å². The number of thiazole rings is 1. The van der Waals surface area contributed by atoms with E-state index < -0.39 is 0 Å². The third kappa shape index (κ3) is 2.26. The SMILES string of the molecule is CC=Cc1ccc2nc(CCC)sc2c1. The highest BCUT2D eigenvalue weighted by Crippen LogP contribution is 2.24. The first-order chi connectivity index (χ1) is 7.33. The largest absolute Gasteiger partial charge is 0.241 e. The number of nitrogens with zero attached hydrogens (tertiary/aromatic N) is 1. The second-order valence-electron chi connectivity index (χ2n) is 3.58. The normalized spacial score (nSPS) is 11.6. The fourth-order valence-corrected chi connectivity index (χ4v) is 2.72. The number of hydrogen-bond acceptors (Lipinski definition) is 2. The number of hydrogen-bond donors (Lipinski definition) is 0. The average molecular weight is 217 g/mol. The quantitative estimate of drug-likeness (QED) is 0.747. The fraction of sp³-hybridized carbons (Fsp3) is 0.308. The maximum atomic E-state index is 4.60. The van der Waals surface area contributed by atoms with Gasteiger partial charge in [0.05, 0.1) is 15.2 Å². The maximum Gasteiger partial charge on any atom is 0.0938 e. The van der Waals surface area contributed by atoms with E-state index in [1.54, 1.807) is 0 Å². The molecule has 1 heterocycles. The molecule has 78 valence electrons. The van der Waals surface area contributed by atoms with E-state index in [9.17, 15) is 0 Å². The Morgan fingerprint density at radius 3 is 3.00 bits per heavy atom. The molecule has 0 N–H and O–H groups in total. The summed E-state index contributed by atoms with van der Waals surface area (Å²) in [6.07, 6.45) is 6.45. The van der Waals surface area contributed by atoms with Crippen molar-refractivity contribution in [3.8, 4) is 0 Å². The zero-order valence-electron chi connectivity index (χ0n) is 9.16. The molecule has 0 saturated carbocycles. The maximum absolute atomic E-state index is 4.60. The molecule has 1 aromatic carbocycles. The summed E-state index contributed by atoms with van der Waals surface area (Å²) < 4.78 is 1.30. The summed E-state index contributed by atoms with van der Waals surface area (Å²) in [5, 5.41) is 1.25. The number of benzene rings is 1. The zero-order chi connectivity index (χ0) is 10.7. The van der Waals surface area contributed by atoms with Gasteiger partial charge in [-0.25, -0.2) is 4.98 Å². The van der Waals surface area contributed by atoms with Gasteiger partial charge in [0, 0.05) is 0 Å². The van der Waals surface area contributed by atoms with Crippen LogP contribution in [0.25, 0.3) is 16.3 Å². The lowest BCUT2D eigenvalue weighted by molar-refractivity contribution is 0.913. The van der Waals surface area contributed by atoms with E-state index in [1.165, 1.54) is 21.7 Å². The lowest BCUT2D eigenvalue weighted by Gasteiger charge is -1.91. The molecule has 1 nitrogen and oxygen atoms in total. The molecule has 0 bridgehead atoms. The Labute approximate surface area is 94.5 Å². The summed E-state index contributed by atoms with van der Waals surface area (Å²) in [6.45, 7) is 4.23. The minimum Gasteiger partial charge on any atom is -0.241 e. The highest BCUT2D eigenvalue weighted by molar-refractivity contribution is 7.18. The first-order valence-electron chi connectivity index (χ1n) is 5.35. The standard InChI is InChI=1S/C13H15NS/c1-3-5-10-7-8-11-12(9-10)15-13(14-11)6-4-2/h3,5,7-9H,4,6H2,1-2H3. The van der Waals surface area contributed by atoms with Gasteiger partial charge in [-0.05, 0) is 37.5 Å². The Balaban J connectivity index is 2.42. The summed E-state index contributed by atoms with van der Waals surface area (Å²) in [4.78, 5) is 4.60. The Bertz CT molecular complexity index is 482. The average Bonchev–Trinajstić information content (AvgIpc) is 2.60. The molecule has 0 saturated heterocycles. The second-order valence-corrected chi connectivity index (χ2v) is 4.70. The number of aromatic nitrogens is 1. The van der Waals surface area contributed by atoms with Gasteiger partial charge in [-0.2, -0.15) is 0 Å². The van der Waals surface area contributed by atoms with Gasteiger partial charge in [-0.15, -0.1) is 11.3 Å². The monoisotopic (exact) mass is 217 g/mol. The molecule has 0 radical (unpaired) electrons. The van der Waals surface area contributed by atoms with Crippen LogP contribution in [-0.2, 0) is 6.42 Å². The van der Waals surface area contributed by atoms with Gasteiger partial charge in [0.2, 0.25) is 0 Å². The summed E-state index contributed by atoms with van der Waals surface area (Å²) in [6, 6.07) is 6.45. The van der Waals surface area contributed by atoms with Crippen molar-refractivity contribution in [1.29, 1.82) is 0 Å². The Kier molecular flexibility index (Phi) is 3.17. The fourth-order valence-electron chi connectivity index (χ4n) is 1.61. The van der Waals surface area contributed by atoms with Crippen LogP contribution in [0.4, 0.5) is 0 Å². The summed E-state index contributed by atoms with van der Waals surface area (Å²) in [5.74, 6) is 0. The minimum absolute atomic E-state index is 1.10. The van der Waals surface area contributed by atoms with Crippen LogP contribution in [-0.4, -0.2) is 4.98 Å². The van der Waals surface area contributed by atoms with E-state index in [4.69, 9.17) is 0 Å². The van der Waals surface area contributed by atoms with Crippen LogP contribution in [0.2, 0.25) is 0 Å². The van der Waals surface area contributed by atoms with Crippen molar-refractivity contribution < 1.29 is 0 Å². The van der Waals surface area contributed by atoms with Crippen LogP contribution in [0, 0.1) is 0 Å². The van der Waals surface area contributed by atoms with Crippen molar-refractivity contribution in [1.82, 2.24) is 4.98 Å². The summed E-state index contributed by atoms with van der Waals surface area (Å²) in [5.41, 5.74) is 2.40. The predicted molar refractivity (Wildman–Crippen MR) is 68.3 cm³/mol. The summed E-state index contributed by atoms with van der Waals surface area (Å²) >= 11 is 1.82.